The molecular formula is C12H11N5O2S. The van der Waals surface area contributed by atoms with Crippen molar-refractivity contribution in [2.24, 2.45) is 0 Å². The molecule has 8 heteroatoms. The van der Waals surface area contributed by atoms with E-state index in [1.165, 1.54) is 24.5 Å². The van der Waals surface area contributed by atoms with Gasteiger partial charge in [-0.15, -0.1) is 0 Å². The van der Waals surface area contributed by atoms with Crippen molar-refractivity contribution in [2.75, 3.05) is 17.1 Å². The van der Waals surface area contributed by atoms with Gasteiger partial charge in [0.1, 0.15) is 11.0 Å². The number of hydrogen-bond donors (Lipinski definition) is 2. The molecule has 2 aromatic rings. The predicted molar refractivity (Wildman–Crippen MR) is 73.5 cm³/mol. The lowest BCUT2D eigenvalue weighted by Crippen LogP contribution is -2.14. The van der Waals surface area contributed by atoms with Crippen molar-refractivity contribution in [1.82, 2.24) is 9.97 Å². The number of nitrogens with one attached hydrogen (secondary N) is 2. The Bertz CT molecular complexity index is 750. The highest BCUT2D eigenvalue weighted by atomic mass is 32.2. The zero-order chi connectivity index (χ0) is 14.6. The van der Waals surface area contributed by atoms with Crippen molar-refractivity contribution in [3.05, 3.63) is 42.2 Å². The molecule has 0 radical (unpaired) electrons. The number of nitriles is 1. The molecule has 0 amide bonds. The zero-order valence-corrected chi connectivity index (χ0v) is 11.3. The Morgan fingerprint density at radius 2 is 1.85 bits per heavy atom. The zero-order valence-electron chi connectivity index (χ0n) is 10.5. The highest BCUT2D eigenvalue weighted by Gasteiger charge is 2.16. The third-order valence-electron chi connectivity index (χ3n) is 2.45. The number of anilines is 2. The lowest BCUT2D eigenvalue weighted by atomic mass is 10.2. The second-order valence-corrected chi connectivity index (χ2v) is 5.44. The van der Waals surface area contributed by atoms with Gasteiger partial charge < -0.3 is 5.32 Å². The standard InChI is InChI=1S/C12H11N5O2S/c1-14-12-15-7-10(8-16-12)20(18,19)17-11-5-3-2-4-9(11)6-13/h2-5,7-8,17H,1H3,(H,14,15,16). The van der Waals surface area contributed by atoms with Gasteiger partial charge in [0.25, 0.3) is 10.0 Å². The van der Waals surface area contributed by atoms with Crippen LogP contribution in [0.3, 0.4) is 0 Å². The van der Waals surface area contributed by atoms with Crippen molar-refractivity contribution in [3.8, 4) is 6.07 Å². The van der Waals surface area contributed by atoms with E-state index in [0.29, 0.717) is 5.95 Å². The van der Waals surface area contributed by atoms with E-state index >= 15 is 0 Å². The summed E-state index contributed by atoms with van der Waals surface area (Å²) < 4.78 is 26.6. The van der Waals surface area contributed by atoms with Crippen LogP contribution in [0.4, 0.5) is 11.6 Å². The molecule has 1 heterocycles. The molecule has 0 saturated heterocycles. The second-order valence-electron chi connectivity index (χ2n) is 3.76. The van der Waals surface area contributed by atoms with Crippen LogP contribution in [0.15, 0.2) is 41.6 Å². The SMILES string of the molecule is CNc1ncc(S(=O)(=O)Nc2ccccc2C#N)cn1. The molecule has 0 spiro atoms. The van der Waals surface area contributed by atoms with Crippen LogP contribution in [-0.4, -0.2) is 25.4 Å². The van der Waals surface area contributed by atoms with E-state index in [-0.39, 0.29) is 16.1 Å². The number of sulfonamides is 1. The van der Waals surface area contributed by atoms with E-state index in [1.807, 2.05) is 6.07 Å². The Morgan fingerprint density at radius 1 is 1.20 bits per heavy atom. The van der Waals surface area contributed by atoms with Crippen LogP contribution in [0.2, 0.25) is 0 Å². The molecule has 0 atom stereocenters. The van der Waals surface area contributed by atoms with Crippen molar-refractivity contribution >= 4 is 21.7 Å². The minimum Gasteiger partial charge on any atom is -0.357 e. The van der Waals surface area contributed by atoms with Crippen LogP contribution in [0.5, 0.6) is 0 Å². The van der Waals surface area contributed by atoms with Gasteiger partial charge in [0.15, 0.2) is 0 Å². The molecule has 102 valence electrons. The maximum absolute atomic E-state index is 12.1. The van der Waals surface area contributed by atoms with Crippen molar-refractivity contribution in [1.29, 1.82) is 5.26 Å². The molecule has 0 aliphatic carbocycles. The van der Waals surface area contributed by atoms with E-state index in [4.69, 9.17) is 5.26 Å². The molecule has 0 aliphatic rings. The molecule has 0 saturated carbocycles. The highest BCUT2D eigenvalue weighted by Crippen LogP contribution is 2.18. The Labute approximate surface area is 116 Å². The summed E-state index contributed by atoms with van der Waals surface area (Å²) in [5, 5.41) is 11.6. The monoisotopic (exact) mass is 289 g/mol. The summed E-state index contributed by atoms with van der Waals surface area (Å²) in [7, 11) is -2.19. The number of nitrogens with zero attached hydrogens (tertiary/aromatic N) is 3. The third kappa shape index (κ3) is 2.84. The molecular weight excluding hydrogens is 278 g/mol. The molecule has 0 fully saturated rings. The molecule has 1 aromatic carbocycles. The number of aromatic nitrogens is 2. The molecule has 0 bridgehead atoms. The molecule has 0 unspecified atom stereocenters. The van der Waals surface area contributed by atoms with Gasteiger partial charge in [0, 0.05) is 7.05 Å². The smallest absolute Gasteiger partial charge is 0.265 e. The fourth-order valence-corrected chi connectivity index (χ4v) is 2.43. The molecule has 1 aromatic heterocycles. The number of rotatable bonds is 4. The van der Waals surface area contributed by atoms with Gasteiger partial charge in [-0.25, -0.2) is 18.4 Å². The van der Waals surface area contributed by atoms with Crippen molar-refractivity contribution in [3.63, 3.8) is 0 Å². The van der Waals surface area contributed by atoms with Crippen LogP contribution >= 0.6 is 0 Å². The maximum Gasteiger partial charge on any atom is 0.265 e. The first-order valence-corrected chi connectivity index (χ1v) is 7.07. The van der Waals surface area contributed by atoms with E-state index in [0.717, 1.165) is 0 Å². The lowest BCUT2D eigenvalue weighted by Gasteiger charge is -2.09. The molecule has 20 heavy (non-hydrogen) atoms. The van der Waals surface area contributed by atoms with Gasteiger partial charge >= 0.3 is 0 Å². The van der Waals surface area contributed by atoms with E-state index in [1.54, 1.807) is 19.2 Å². The Hall–Kier alpha value is -2.66. The van der Waals surface area contributed by atoms with Gasteiger partial charge in [-0.1, -0.05) is 12.1 Å². The maximum atomic E-state index is 12.1. The highest BCUT2D eigenvalue weighted by molar-refractivity contribution is 7.92. The van der Waals surface area contributed by atoms with Gasteiger partial charge in [-0.05, 0) is 12.1 Å². The van der Waals surface area contributed by atoms with Gasteiger partial charge in [-0.2, -0.15) is 5.26 Å². The van der Waals surface area contributed by atoms with Gasteiger partial charge in [0.2, 0.25) is 5.95 Å². The summed E-state index contributed by atoms with van der Waals surface area (Å²) >= 11 is 0. The quantitative estimate of drug-likeness (QED) is 0.875. The van der Waals surface area contributed by atoms with E-state index < -0.39 is 10.0 Å². The fraction of sp³-hybridized carbons (Fsp3) is 0.0833. The largest absolute Gasteiger partial charge is 0.357 e. The van der Waals surface area contributed by atoms with Crippen LogP contribution in [0, 0.1) is 11.3 Å². The first-order chi connectivity index (χ1) is 9.56. The second kappa shape index (κ2) is 5.54. The van der Waals surface area contributed by atoms with Gasteiger partial charge in [-0.3, -0.25) is 4.72 Å². The summed E-state index contributed by atoms with van der Waals surface area (Å²) in [6.07, 6.45) is 2.38. The normalized spacial score (nSPS) is 10.6. The first kappa shape index (κ1) is 13.8. The summed E-state index contributed by atoms with van der Waals surface area (Å²) in [4.78, 5) is 7.60. The average molecular weight is 289 g/mol. The summed E-state index contributed by atoms with van der Waals surface area (Å²) in [5.74, 6) is 0.321. The summed E-state index contributed by atoms with van der Waals surface area (Å²) in [6, 6.07) is 8.25. The summed E-state index contributed by atoms with van der Waals surface area (Å²) in [5.41, 5.74) is 0.455. The van der Waals surface area contributed by atoms with Crippen molar-refractivity contribution < 1.29 is 8.42 Å². The lowest BCUT2D eigenvalue weighted by molar-refractivity contribution is 0.600. The average Bonchev–Trinajstić information content (AvgIpc) is 2.47. The Kier molecular flexibility index (Phi) is 3.81. The predicted octanol–water partition coefficient (Wildman–Crippen LogP) is 1.19. The van der Waals surface area contributed by atoms with Crippen LogP contribution in [-0.2, 0) is 10.0 Å². The van der Waals surface area contributed by atoms with Crippen LogP contribution < -0.4 is 10.0 Å². The fourth-order valence-electron chi connectivity index (χ4n) is 1.46. The Balaban J connectivity index is 2.33. The van der Waals surface area contributed by atoms with Gasteiger partial charge in [0.05, 0.1) is 23.6 Å². The molecule has 0 aliphatic heterocycles. The molecule has 7 nitrogen and oxygen atoms in total. The van der Waals surface area contributed by atoms with E-state index in [2.05, 4.69) is 20.0 Å². The number of para-hydroxylation sites is 1. The number of benzene rings is 1. The van der Waals surface area contributed by atoms with Crippen molar-refractivity contribution in [2.45, 2.75) is 4.90 Å². The molecule has 2 N–H and O–H groups in total. The third-order valence-corrected chi connectivity index (χ3v) is 3.77. The summed E-state index contributed by atoms with van der Waals surface area (Å²) in [6.45, 7) is 0. The Morgan fingerprint density at radius 3 is 2.45 bits per heavy atom. The molecule has 2 rings (SSSR count). The van der Waals surface area contributed by atoms with Crippen LogP contribution in [0.1, 0.15) is 5.56 Å². The minimum atomic E-state index is -3.82. The van der Waals surface area contributed by atoms with E-state index in [9.17, 15) is 8.42 Å². The van der Waals surface area contributed by atoms with Crippen LogP contribution in [0.25, 0.3) is 0 Å². The number of hydrogen-bond acceptors (Lipinski definition) is 6. The minimum absolute atomic E-state index is 0.0794. The first-order valence-electron chi connectivity index (χ1n) is 5.58. The topological polar surface area (TPSA) is 108 Å².